The van der Waals surface area contributed by atoms with Crippen LogP contribution in [-0.2, 0) is 6.42 Å². The lowest BCUT2D eigenvalue weighted by atomic mass is 9.91. The topological polar surface area (TPSA) is 28.7 Å². The lowest BCUT2D eigenvalue weighted by Crippen LogP contribution is -1.92. The highest BCUT2D eigenvalue weighted by molar-refractivity contribution is 5.95. The van der Waals surface area contributed by atoms with Crippen LogP contribution < -0.4 is 0 Å². The summed E-state index contributed by atoms with van der Waals surface area (Å²) in [6, 6.07) is 19.4. The van der Waals surface area contributed by atoms with Crippen molar-refractivity contribution in [3.63, 3.8) is 0 Å². The first kappa shape index (κ1) is 17.3. The summed E-state index contributed by atoms with van der Waals surface area (Å²) in [5.41, 5.74) is 10.2. The number of nitrogens with zero attached hydrogens (tertiary/aromatic N) is 1. The van der Waals surface area contributed by atoms with E-state index >= 15 is 0 Å². The smallest absolute Gasteiger partial charge is 0.0650 e. The molecule has 1 aromatic heterocycles. The largest absolute Gasteiger partial charge is 0.278 e. The lowest BCUT2D eigenvalue weighted by molar-refractivity contribution is 0.943. The monoisotopic (exact) mass is 352 g/mol. The standard InChI is InChI=1S/C25H24N2/c1-3-7-22-18(2)12-13-20-9-4-5-11-23(20)24(22)17-19-8-6-10-21(16-19)25-14-15-26-27-25/h3-11,14-17H,12-13H2,1-2H3,(H,26,27)/b7-3-,24-17+. The van der Waals surface area contributed by atoms with Gasteiger partial charge < -0.3 is 0 Å². The van der Waals surface area contributed by atoms with E-state index in [1.165, 1.54) is 33.4 Å². The number of aromatic amines is 1. The fourth-order valence-electron chi connectivity index (χ4n) is 3.77. The van der Waals surface area contributed by atoms with Gasteiger partial charge in [0, 0.05) is 11.8 Å². The van der Waals surface area contributed by atoms with Gasteiger partial charge in [-0.2, -0.15) is 5.10 Å². The van der Waals surface area contributed by atoms with Gasteiger partial charge >= 0.3 is 0 Å². The van der Waals surface area contributed by atoms with Crippen molar-refractivity contribution in [1.82, 2.24) is 10.2 Å². The molecule has 1 heterocycles. The summed E-state index contributed by atoms with van der Waals surface area (Å²) < 4.78 is 0. The molecule has 2 aromatic carbocycles. The molecule has 27 heavy (non-hydrogen) atoms. The molecular formula is C25H24N2. The van der Waals surface area contributed by atoms with E-state index in [9.17, 15) is 0 Å². The Hall–Kier alpha value is -3.13. The third-order valence-electron chi connectivity index (χ3n) is 5.17. The molecular weight excluding hydrogens is 328 g/mol. The minimum atomic E-state index is 1.04. The molecule has 0 aliphatic heterocycles. The summed E-state index contributed by atoms with van der Waals surface area (Å²) in [5, 5.41) is 7.13. The van der Waals surface area contributed by atoms with Crippen molar-refractivity contribution in [1.29, 1.82) is 0 Å². The number of allylic oxidation sites excluding steroid dienone is 5. The molecule has 0 spiro atoms. The molecule has 134 valence electrons. The quantitative estimate of drug-likeness (QED) is 0.576. The number of fused-ring (bicyclic) bond motifs is 1. The number of aromatic nitrogens is 2. The molecule has 0 fully saturated rings. The number of nitrogens with one attached hydrogen (secondary N) is 1. The van der Waals surface area contributed by atoms with Crippen LogP contribution >= 0.6 is 0 Å². The average Bonchev–Trinajstić information content (AvgIpc) is 3.20. The van der Waals surface area contributed by atoms with Crippen molar-refractivity contribution >= 4 is 11.6 Å². The third-order valence-corrected chi connectivity index (χ3v) is 5.17. The molecule has 1 N–H and O–H groups in total. The second-order valence-corrected chi connectivity index (χ2v) is 7.00. The number of aryl methyl sites for hydroxylation is 1. The number of benzene rings is 2. The van der Waals surface area contributed by atoms with Gasteiger partial charge in [0.25, 0.3) is 0 Å². The molecule has 3 aromatic rings. The van der Waals surface area contributed by atoms with Crippen molar-refractivity contribution in [2.24, 2.45) is 0 Å². The zero-order valence-corrected chi connectivity index (χ0v) is 15.9. The second kappa shape index (κ2) is 7.63. The average molecular weight is 352 g/mol. The lowest BCUT2D eigenvalue weighted by Gasteiger charge is -2.13. The van der Waals surface area contributed by atoms with Crippen LogP contribution in [-0.4, -0.2) is 10.2 Å². The molecule has 0 bridgehead atoms. The third kappa shape index (κ3) is 3.56. The van der Waals surface area contributed by atoms with Gasteiger partial charge in [0.1, 0.15) is 0 Å². The van der Waals surface area contributed by atoms with E-state index in [-0.39, 0.29) is 0 Å². The molecule has 1 aliphatic carbocycles. The number of hydrogen-bond donors (Lipinski definition) is 1. The van der Waals surface area contributed by atoms with Gasteiger partial charge in [0.15, 0.2) is 0 Å². The van der Waals surface area contributed by atoms with Gasteiger partial charge in [-0.1, -0.05) is 60.2 Å². The minimum Gasteiger partial charge on any atom is -0.278 e. The van der Waals surface area contributed by atoms with Crippen LogP contribution in [0.3, 0.4) is 0 Å². The predicted molar refractivity (Wildman–Crippen MR) is 114 cm³/mol. The minimum absolute atomic E-state index is 1.04. The van der Waals surface area contributed by atoms with Gasteiger partial charge in [-0.05, 0) is 72.7 Å². The first-order valence-electron chi connectivity index (χ1n) is 9.49. The summed E-state index contributed by atoms with van der Waals surface area (Å²) >= 11 is 0. The molecule has 4 rings (SSSR count). The summed E-state index contributed by atoms with van der Waals surface area (Å²) in [5.74, 6) is 0. The number of H-pyrrole nitrogens is 1. The second-order valence-electron chi connectivity index (χ2n) is 7.00. The maximum atomic E-state index is 4.08. The van der Waals surface area contributed by atoms with E-state index in [1.54, 1.807) is 6.20 Å². The fourth-order valence-corrected chi connectivity index (χ4v) is 3.77. The maximum absolute atomic E-state index is 4.08. The van der Waals surface area contributed by atoms with Crippen molar-refractivity contribution in [2.45, 2.75) is 26.7 Å². The maximum Gasteiger partial charge on any atom is 0.0650 e. The van der Waals surface area contributed by atoms with Crippen LogP contribution in [0.4, 0.5) is 0 Å². The normalized spacial score (nSPS) is 16.0. The Morgan fingerprint density at radius 2 is 1.89 bits per heavy atom. The van der Waals surface area contributed by atoms with Crippen LogP contribution in [0.15, 0.2) is 84.1 Å². The molecule has 0 saturated heterocycles. The summed E-state index contributed by atoms with van der Waals surface area (Å²) in [4.78, 5) is 0. The first-order valence-corrected chi connectivity index (χ1v) is 9.49. The van der Waals surface area contributed by atoms with Gasteiger partial charge in [-0.25, -0.2) is 0 Å². The van der Waals surface area contributed by atoms with Crippen LogP contribution in [0.5, 0.6) is 0 Å². The van der Waals surface area contributed by atoms with E-state index < -0.39 is 0 Å². The number of hydrogen-bond acceptors (Lipinski definition) is 1. The molecule has 2 heteroatoms. The summed E-state index contributed by atoms with van der Waals surface area (Å²) in [6.45, 7) is 4.35. The van der Waals surface area contributed by atoms with E-state index in [4.69, 9.17) is 0 Å². The van der Waals surface area contributed by atoms with Crippen LogP contribution in [0.1, 0.15) is 37.0 Å². The Kier molecular flexibility index (Phi) is 4.88. The fraction of sp³-hybridized carbons (Fsp3) is 0.160. The van der Waals surface area contributed by atoms with Crippen molar-refractivity contribution in [3.8, 4) is 11.3 Å². The zero-order valence-electron chi connectivity index (χ0n) is 15.9. The van der Waals surface area contributed by atoms with Crippen molar-refractivity contribution < 1.29 is 0 Å². The van der Waals surface area contributed by atoms with Gasteiger partial charge in [-0.15, -0.1) is 0 Å². The van der Waals surface area contributed by atoms with Gasteiger partial charge in [-0.3, -0.25) is 5.10 Å². The Morgan fingerprint density at radius 1 is 1.00 bits per heavy atom. The first-order chi connectivity index (χ1) is 13.3. The molecule has 0 unspecified atom stereocenters. The predicted octanol–water partition coefficient (Wildman–Crippen LogP) is 6.46. The van der Waals surface area contributed by atoms with Crippen LogP contribution in [0.2, 0.25) is 0 Å². The Balaban J connectivity index is 1.88. The van der Waals surface area contributed by atoms with Gasteiger partial charge in [0.05, 0.1) is 5.69 Å². The Bertz CT molecular complexity index is 1030. The van der Waals surface area contributed by atoms with Crippen molar-refractivity contribution in [2.75, 3.05) is 0 Å². The highest BCUT2D eigenvalue weighted by Crippen LogP contribution is 2.36. The molecule has 0 radical (unpaired) electrons. The Morgan fingerprint density at radius 3 is 2.70 bits per heavy atom. The molecule has 0 atom stereocenters. The van der Waals surface area contributed by atoms with E-state index in [2.05, 4.69) is 90.8 Å². The van der Waals surface area contributed by atoms with Gasteiger partial charge in [0.2, 0.25) is 0 Å². The molecule has 1 aliphatic rings. The molecule has 2 nitrogen and oxygen atoms in total. The SMILES string of the molecule is C/C=C\C1=C(C)CCc2ccccc2/C1=C/c1cccc(-c2ccn[nH]2)c1. The summed E-state index contributed by atoms with van der Waals surface area (Å²) in [6.07, 6.45) is 10.7. The highest BCUT2D eigenvalue weighted by Gasteiger charge is 2.17. The van der Waals surface area contributed by atoms with Crippen molar-refractivity contribution in [3.05, 3.63) is 101 Å². The van der Waals surface area contributed by atoms with Crippen LogP contribution in [0.25, 0.3) is 22.9 Å². The summed E-state index contributed by atoms with van der Waals surface area (Å²) in [7, 11) is 0. The highest BCUT2D eigenvalue weighted by atomic mass is 15.1. The van der Waals surface area contributed by atoms with E-state index in [1.807, 2.05) is 6.07 Å². The molecule has 0 saturated carbocycles. The molecule has 0 amide bonds. The Labute approximate surface area is 161 Å². The van der Waals surface area contributed by atoms with Crippen LogP contribution in [0, 0.1) is 0 Å². The zero-order chi connectivity index (χ0) is 18.6. The number of rotatable bonds is 3. The van der Waals surface area contributed by atoms with E-state index in [0.717, 1.165) is 24.1 Å². The van der Waals surface area contributed by atoms with E-state index in [0.29, 0.717) is 0 Å².